The van der Waals surface area contributed by atoms with E-state index in [9.17, 15) is 14.4 Å². The van der Waals surface area contributed by atoms with Crippen LogP contribution in [0.2, 0.25) is 0 Å². The third-order valence-electron chi connectivity index (χ3n) is 4.61. The lowest BCUT2D eigenvalue weighted by Gasteiger charge is -2.14. The minimum absolute atomic E-state index is 0.236. The third kappa shape index (κ3) is 2.68. The van der Waals surface area contributed by atoms with Gasteiger partial charge in [-0.1, -0.05) is 12.2 Å². The molecular formula is C18H19NO5. The number of benzene rings is 1. The van der Waals surface area contributed by atoms with Gasteiger partial charge in [-0.15, -0.1) is 0 Å². The predicted octanol–water partition coefficient (Wildman–Crippen LogP) is 1.84. The van der Waals surface area contributed by atoms with Gasteiger partial charge in [-0.3, -0.25) is 19.3 Å². The lowest BCUT2D eigenvalue weighted by Crippen LogP contribution is -2.36. The van der Waals surface area contributed by atoms with Crippen molar-refractivity contribution in [2.45, 2.75) is 12.8 Å². The number of hydrogen-bond donors (Lipinski definition) is 0. The second kappa shape index (κ2) is 6.47. The van der Waals surface area contributed by atoms with Gasteiger partial charge in [-0.2, -0.15) is 0 Å². The molecule has 24 heavy (non-hydrogen) atoms. The maximum absolute atomic E-state index is 12.5. The van der Waals surface area contributed by atoms with Crippen molar-refractivity contribution >= 4 is 17.6 Å². The lowest BCUT2D eigenvalue weighted by atomic mass is 9.85. The fraction of sp³-hybridized carbons (Fsp3) is 0.389. The van der Waals surface area contributed by atoms with Crippen molar-refractivity contribution in [3.63, 3.8) is 0 Å². The Morgan fingerprint density at radius 2 is 1.62 bits per heavy atom. The molecule has 0 unspecified atom stereocenters. The average molecular weight is 329 g/mol. The summed E-state index contributed by atoms with van der Waals surface area (Å²) >= 11 is 0. The number of hydrogen-bond acceptors (Lipinski definition) is 5. The van der Waals surface area contributed by atoms with Gasteiger partial charge < -0.3 is 9.47 Å². The fourth-order valence-electron chi connectivity index (χ4n) is 3.27. The molecule has 6 nitrogen and oxygen atoms in total. The maximum Gasteiger partial charge on any atom is 0.233 e. The number of imide groups is 1. The first-order valence-corrected chi connectivity index (χ1v) is 7.82. The van der Waals surface area contributed by atoms with Gasteiger partial charge in [0.2, 0.25) is 11.8 Å². The zero-order valence-corrected chi connectivity index (χ0v) is 13.7. The van der Waals surface area contributed by atoms with Crippen molar-refractivity contribution in [1.29, 1.82) is 0 Å². The van der Waals surface area contributed by atoms with Crippen LogP contribution in [0.25, 0.3) is 0 Å². The first kappa shape index (κ1) is 16.2. The molecule has 1 aromatic carbocycles. The first-order chi connectivity index (χ1) is 11.6. The number of amides is 2. The molecule has 0 spiro atoms. The van der Waals surface area contributed by atoms with Crippen LogP contribution in [0.4, 0.5) is 0 Å². The van der Waals surface area contributed by atoms with Gasteiger partial charge in [0.05, 0.1) is 32.6 Å². The topological polar surface area (TPSA) is 72.9 Å². The molecule has 0 radical (unpaired) electrons. The molecule has 1 fully saturated rings. The molecular weight excluding hydrogens is 310 g/mol. The van der Waals surface area contributed by atoms with Gasteiger partial charge in [0.25, 0.3) is 0 Å². The molecule has 1 heterocycles. The Labute approximate surface area is 140 Å². The van der Waals surface area contributed by atoms with Crippen LogP contribution in [0, 0.1) is 11.8 Å². The van der Waals surface area contributed by atoms with Crippen molar-refractivity contribution in [2.75, 3.05) is 20.8 Å². The van der Waals surface area contributed by atoms with Gasteiger partial charge in [-0.25, -0.2) is 0 Å². The summed E-state index contributed by atoms with van der Waals surface area (Å²) < 4.78 is 10.3. The number of likely N-dealkylation sites (tertiary alicyclic amines) is 1. The highest BCUT2D eigenvalue weighted by molar-refractivity contribution is 6.10. The van der Waals surface area contributed by atoms with E-state index in [0.717, 1.165) is 4.90 Å². The summed E-state index contributed by atoms with van der Waals surface area (Å²) in [4.78, 5) is 38.4. The highest BCUT2D eigenvalue weighted by Gasteiger charge is 2.47. The van der Waals surface area contributed by atoms with Crippen molar-refractivity contribution < 1.29 is 23.9 Å². The van der Waals surface area contributed by atoms with E-state index in [0.29, 0.717) is 29.9 Å². The van der Waals surface area contributed by atoms with Gasteiger partial charge in [0.1, 0.15) is 0 Å². The molecule has 0 bridgehead atoms. The van der Waals surface area contributed by atoms with Gasteiger partial charge in [0.15, 0.2) is 17.3 Å². The summed E-state index contributed by atoms with van der Waals surface area (Å²) in [6.07, 6.45) is 4.98. The average Bonchev–Trinajstić information content (AvgIpc) is 2.86. The third-order valence-corrected chi connectivity index (χ3v) is 4.61. The van der Waals surface area contributed by atoms with Crippen LogP contribution in [0.3, 0.4) is 0 Å². The van der Waals surface area contributed by atoms with E-state index in [-0.39, 0.29) is 36.0 Å². The van der Waals surface area contributed by atoms with Crippen LogP contribution in [0.15, 0.2) is 30.4 Å². The number of nitrogens with zero attached hydrogens (tertiary/aromatic N) is 1. The minimum atomic E-state index is -0.319. The Kier molecular flexibility index (Phi) is 4.38. The number of ketones is 1. The highest BCUT2D eigenvalue weighted by atomic mass is 16.5. The second-order valence-electron chi connectivity index (χ2n) is 5.91. The molecule has 2 amide bonds. The van der Waals surface area contributed by atoms with Gasteiger partial charge in [-0.05, 0) is 31.0 Å². The molecule has 3 rings (SSSR count). The van der Waals surface area contributed by atoms with Gasteiger partial charge >= 0.3 is 0 Å². The summed E-state index contributed by atoms with van der Waals surface area (Å²) in [7, 11) is 2.99. The van der Waals surface area contributed by atoms with E-state index in [1.165, 1.54) is 14.2 Å². The van der Waals surface area contributed by atoms with E-state index < -0.39 is 0 Å². The molecule has 1 aliphatic heterocycles. The first-order valence-electron chi connectivity index (χ1n) is 7.82. The molecule has 6 heteroatoms. The smallest absolute Gasteiger partial charge is 0.233 e. The molecule has 1 aromatic rings. The largest absolute Gasteiger partial charge is 0.493 e. The Morgan fingerprint density at radius 1 is 1.04 bits per heavy atom. The predicted molar refractivity (Wildman–Crippen MR) is 86.0 cm³/mol. The number of allylic oxidation sites excluding steroid dienone is 2. The summed E-state index contributed by atoms with van der Waals surface area (Å²) in [5, 5.41) is 0. The monoisotopic (exact) mass is 329 g/mol. The zero-order chi connectivity index (χ0) is 17.3. The Morgan fingerprint density at radius 3 is 2.17 bits per heavy atom. The zero-order valence-electron chi connectivity index (χ0n) is 13.7. The summed E-state index contributed by atoms with van der Waals surface area (Å²) in [5.74, 6) is -0.489. The number of methoxy groups -OCH3 is 2. The normalized spacial score (nSPS) is 22.5. The Bertz CT molecular complexity index is 698. The Balaban J connectivity index is 1.78. The summed E-state index contributed by atoms with van der Waals surface area (Å²) in [5.41, 5.74) is 0.376. The minimum Gasteiger partial charge on any atom is -0.493 e. The standard InChI is InChI=1S/C18H19NO5/c1-23-15-8-7-11(9-16(15)24-2)14(20)10-19-17(21)12-5-3-4-6-13(12)18(19)22/h3-4,7-9,12-13H,5-6,10H2,1-2H3/t12-,13+. The number of carbonyl (C=O) groups excluding carboxylic acids is 3. The van der Waals surface area contributed by atoms with Crippen LogP contribution in [0.5, 0.6) is 11.5 Å². The molecule has 1 saturated heterocycles. The Hall–Kier alpha value is -2.63. The van der Waals surface area contributed by atoms with Gasteiger partial charge in [0, 0.05) is 5.56 Å². The van der Waals surface area contributed by atoms with Crippen molar-refractivity contribution in [1.82, 2.24) is 4.90 Å². The van der Waals surface area contributed by atoms with Crippen LogP contribution in [-0.2, 0) is 9.59 Å². The number of ether oxygens (including phenoxy) is 2. The molecule has 0 saturated carbocycles. The van der Waals surface area contributed by atoms with Crippen LogP contribution in [-0.4, -0.2) is 43.3 Å². The highest BCUT2D eigenvalue weighted by Crippen LogP contribution is 2.35. The van der Waals surface area contributed by atoms with Crippen molar-refractivity contribution in [3.05, 3.63) is 35.9 Å². The van der Waals surface area contributed by atoms with Crippen LogP contribution in [0.1, 0.15) is 23.2 Å². The molecule has 2 aliphatic rings. The SMILES string of the molecule is COc1ccc(C(=O)CN2C(=O)[C@H]3CC=CC[C@H]3C2=O)cc1OC. The van der Waals surface area contributed by atoms with Crippen molar-refractivity contribution in [3.8, 4) is 11.5 Å². The van der Waals surface area contributed by atoms with Crippen LogP contribution >= 0.6 is 0 Å². The van der Waals surface area contributed by atoms with Crippen molar-refractivity contribution in [2.24, 2.45) is 11.8 Å². The molecule has 126 valence electrons. The number of rotatable bonds is 5. The van der Waals surface area contributed by atoms with E-state index in [1.54, 1.807) is 18.2 Å². The maximum atomic E-state index is 12.5. The summed E-state index contributed by atoms with van der Waals surface area (Å²) in [6.45, 7) is -0.236. The van der Waals surface area contributed by atoms with E-state index in [4.69, 9.17) is 9.47 Å². The quantitative estimate of drug-likeness (QED) is 0.468. The van der Waals surface area contributed by atoms with E-state index in [1.807, 2.05) is 12.2 Å². The van der Waals surface area contributed by atoms with E-state index in [2.05, 4.69) is 0 Å². The van der Waals surface area contributed by atoms with Crippen LogP contribution < -0.4 is 9.47 Å². The number of carbonyl (C=O) groups is 3. The fourth-order valence-corrected chi connectivity index (χ4v) is 3.27. The number of fused-ring (bicyclic) bond motifs is 1. The molecule has 0 aromatic heterocycles. The molecule has 2 atom stereocenters. The summed E-state index contributed by atoms with van der Waals surface area (Å²) in [6, 6.07) is 4.79. The number of Topliss-reactive ketones (excluding diaryl/α,β-unsaturated/α-hetero) is 1. The molecule has 1 aliphatic carbocycles. The second-order valence-corrected chi connectivity index (χ2v) is 5.91. The lowest BCUT2D eigenvalue weighted by molar-refractivity contribution is -0.139. The molecule has 0 N–H and O–H groups in total. The van der Waals surface area contributed by atoms with E-state index >= 15 is 0 Å².